The Morgan fingerprint density at radius 1 is 1.43 bits per heavy atom. The highest BCUT2D eigenvalue weighted by atomic mass is 15.1. The SMILES string of the molecule is CC(C)CCn1cnc(C#N)c1C#N. The lowest BCUT2D eigenvalue weighted by atomic mass is 10.1. The molecule has 0 N–H and O–H groups in total. The van der Waals surface area contributed by atoms with Crippen LogP contribution in [0.5, 0.6) is 0 Å². The second-order valence-corrected chi connectivity index (χ2v) is 3.54. The van der Waals surface area contributed by atoms with Crippen LogP contribution in [0.25, 0.3) is 0 Å². The van der Waals surface area contributed by atoms with Gasteiger partial charge in [0.2, 0.25) is 0 Å². The van der Waals surface area contributed by atoms with Gasteiger partial charge in [-0.3, -0.25) is 0 Å². The average molecular weight is 188 g/mol. The molecule has 0 aliphatic carbocycles. The third-order valence-electron chi connectivity index (χ3n) is 2.00. The number of hydrogen-bond acceptors (Lipinski definition) is 3. The summed E-state index contributed by atoms with van der Waals surface area (Å²) in [4.78, 5) is 3.86. The molecule has 72 valence electrons. The van der Waals surface area contributed by atoms with Gasteiger partial charge in [0, 0.05) is 6.54 Å². The minimum absolute atomic E-state index is 0.219. The molecule has 0 amide bonds. The molecule has 14 heavy (non-hydrogen) atoms. The Hall–Kier alpha value is -1.81. The van der Waals surface area contributed by atoms with Crippen LogP contribution in [0.3, 0.4) is 0 Å². The van der Waals surface area contributed by atoms with Crippen LogP contribution < -0.4 is 0 Å². The monoisotopic (exact) mass is 188 g/mol. The van der Waals surface area contributed by atoms with Crippen LogP contribution in [0.4, 0.5) is 0 Å². The molecule has 1 rings (SSSR count). The molecule has 0 unspecified atom stereocenters. The summed E-state index contributed by atoms with van der Waals surface area (Å²) in [5.41, 5.74) is 0.587. The molecule has 0 aliphatic heterocycles. The molecule has 0 saturated heterocycles. The van der Waals surface area contributed by atoms with Gasteiger partial charge in [0.05, 0.1) is 6.33 Å². The molecule has 0 aromatic carbocycles. The van der Waals surface area contributed by atoms with E-state index in [1.807, 2.05) is 12.1 Å². The zero-order valence-electron chi connectivity index (χ0n) is 8.36. The van der Waals surface area contributed by atoms with Crippen LogP contribution in [0.15, 0.2) is 6.33 Å². The largest absolute Gasteiger partial charge is 0.321 e. The van der Waals surface area contributed by atoms with Crippen molar-refractivity contribution in [3.8, 4) is 12.1 Å². The third-order valence-corrected chi connectivity index (χ3v) is 2.00. The van der Waals surface area contributed by atoms with Gasteiger partial charge in [-0.1, -0.05) is 13.8 Å². The highest BCUT2D eigenvalue weighted by Crippen LogP contribution is 2.08. The van der Waals surface area contributed by atoms with Crippen molar-refractivity contribution in [3.63, 3.8) is 0 Å². The Balaban J connectivity index is 2.84. The molecule has 1 aromatic rings. The van der Waals surface area contributed by atoms with Gasteiger partial charge >= 0.3 is 0 Å². The number of nitriles is 2. The van der Waals surface area contributed by atoms with Crippen molar-refractivity contribution in [2.75, 3.05) is 0 Å². The minimum atomic E-state index is 0.219. The lowest BCUT2D eigenvalue weighted by Gasteiger charge is -2.05. The molecule has 4 nitrogen and oxygen atoms in total. The maximum absolute atomic E-state index is 8.82. The summed E-state index contributed by atoms with van der Waals surface area (Å²) in [5, 5.41) is 17.5. The predicted molar refractivity (Wildman–Crippen MR) is 51.1 cm³/mol. The van der Waals surface area contributed by atoms with Crippen LogP contribution in [0.1, 0.15) is 31.7 Å². The zero-order valence-corrected chi connectivity index (χ0v) is 8.36. The highest BCUT2D eigenvalue weighted by Gasteiger charge is 2.09. The molecule has 0 spiro atoms. The normalized spacial score (nSPS) is 9.79. The molecule has 0 fully saturated rings. The molecule has 0 atom stereocenters. The summed E-state index contributed by atoms with van der Waals surface area (Å²) in [7, 11) is 0. The molecule has 0 radical (unpaired) electrons. The molecule has 1 heterocycles. The van der Waals surface area contributed by atoms with E-state index in [1.54, 1.807) is 10.9 Å². The molecule has 0 saturated carbocycles. The van der Waals surface area contributed by atoms with Crippen LogP contribution >= 0.6 is 0 Å². The Labute approximate surface area is 83.4 Å². The van der Waals surface area contributed by atoms with Gasteiger partial charge in [-0.2, -0.15) is 10.5 Å². The second kappa shape index (κ2) is 4.43. The molecular weight excluding hydrogens is 176 g/mol. The van der Waals surface area contributed by atoms with Crippen molar-refractivity contribution < 1.29 is 0 Å². The van der Waals surface area contributed by atoms with Gasteiger partial charge in [0.1, 0.15) is 12.1 Å². The maximum Gasteiger partial charge on any atom is 0.176 e. The summed E-state index contributed by atoms with van der Waals surface area (Å²) in [6.07, 6.45) is 2.54. The first-order chi connectivity index (χ1) is 6.69. The fourth-order valence-corrected chi connectivity index (χ4v) is 1.15. The highest BCUT2D eigenvalue weighted by molar-refractivity contribution is 5.35. The Morgan fingerprint density at radius 2 is 2.14 bits per heavy atom. The van der Waals surface area contributed by atoms with E-state index >= 15 is 0 Å². The van der Waals surface area contributed by atoms with E-state index in [-0.39, 0.29) is 5.69 Å². The zero-order chi connectivity index (χ0) is 10.6. The van der Waals surface area contributed by atoms with Gasteiger partial charge in [-0.25, -0.2) is 4.98 Å². The second-order valence-electron chi connectivity index (χ2n) is 3.54. The maximum atomic E-state index is 8.82. The number of nitrogens with zero attached hydrogens (tertiary/aromatic N) is 4. The Bertz CT molecular complexity index is 389. The lowest BCUT2D eigenvalue weighted by molar-refractivity contribution is 0.514. The van der Waals surface area contributed by atoms with Crippen molar-refractivity contribution in [3.05, 3.63) is 17.7 Å². The molecule has 0 aliphatic rings. The number of rotatable bonds is 3. The topological polar surface area (TPSA) is 65.4 Å². The van der Waals surface area contributed by atoms with E-state index in [0.29, 0.717) is 11.6 Å². The number of aryl methyl sites for hydroxylation is 1. The van der Waals surface area contributed by atoms with Gasteiger partial charge in [0.25, 0.3) is 0 Å². The van der Waals surface area contributed by atoms with Crippen molar-refractivity contribution in [1.82, 2.24) is 9.55 Å². The summed E-state index contributed by atoms with van der Waals surface area (Å²) in [6, 6.07) is 3.90. The fraction of sp³-hybridized carbons (Fsp3) is 0.500. The van der Waals surface area contributed by atoms with Crippen molar-refractivity contribution >= 4 is 0 Å². The van der Waals surface area contributed by atoms with Crippen molar-refractivity contribution in [2.45, 2.75) is 26.8 Å². The van der Waals surface area contributed by atoms with Crippen LogP contribution in [-0.2, 0) is 6.54 Å². The Morgan fingerprint density at radius 3 is 2.64 bits per heavy atom. The average Bonchev–Trinajstić information content (AvgIpc) is 2.56. The fourth-order valence-electron chi connectivity index (χ4n) is 1.15. The molecule has 4 heteroatoms. The molecule has 1 aromatic heterocycles. The molecular formula is C10H12N4. The predicted octanol–water partition coefficient (Wildman–Crippen LogP) is 1.67. The summed E-state index contributed by atoms with van der Waals surface area (Å²) >= 11 is 0. The first kappa shape index (κ1) is 10.3. The van der Waals surface area contributed by atoms with Crippen molar-refractivity contribution in [1.29, 1.82) is 10.5 Å². The Kier molecular flexibility index (Phi) is 3.25. The van der Waals surface area contributed by atoms with Crippen LogP contribution in [-0.4, -0.2) is 9.55 Å². The van der Waals surface area contributed by atoms with Gasteiger partial charge < -0.3 is 4.57 Å². The van der Waals surface area contributed by atoms with Gasteiger partial charge in [-0.05, 0) is 12.3 Å². The van der Waals surface area contributed by atoms with Crippen molar-refractivity contribution in [2.24, 2.45) is 5.92 Å². The van der Waals surface area contributed by atoms with Gasteiger partial charge in [0.15, 0.2) is 11.4 Å². The number of imidazole rings is 1. The van der Waals surface area contributed by atoms with Crippen LogP contribution in [0, 0.1) is 28.6 Å². The van der Waals surface area contributed by atoms with E-state index in [2.05, 4.69) is 18.8 Å². The van der Waals surface area contributed by atoms with E-state index < -0.39 is 0 Å². The summed E-state index contributed by atoms with van der Waals surface area (Å²) in [5.74, 6) is 0.578. The van der Waals surface area contributed by atoms with E-state index in [4.69, 9.17) is 10.5 Å². The first-order valence-corrected chi connectivity index (χ1v) is 4.54. The number of hydrogen-bond donors (Lipinski definition) is 0. The first-order valence-electron chi connectivity index (χ1n) is 4.54. The van der Waals surface area contributed by atoms with E-state index in [1.165, 1.54) is 0 Å². The lowest BCUT2D eigenvalue weighted by Crippen LogP contribution is -2.02. The quantitative estimate of drug-likeness (QED) is 0.724. The summed E-state index contributed by atoms with van der Waals surface area (Å²) in [6.45, 7) is 4.98. The molecule has 0 bridgehead atoms. The standard InChI is InChI=1S/C10H12N4/c1-8(2)3-4-14-7-13-9(5-11)10(14)6-12/h7-8H,3-4H2,1-2H3. The van der Waals surface area contributed by atoms with Crippen LogP contribution in [0.2, 0.25) is 0 Å². The van der Waals surface area contributed by atoms with Gasteiger partial charge in [-0.15, -0.1) is 0 Å². The smallest absolute Gasteiger partial charge is 0.176 e. The van der Waals surface area contributed by atoms with E-state index in [0.717, 1.165) is 13.0 Å². The summed E-state index contributed by atoms with van der Waals surface area (Å²) < 4.78 is 1.73. The minimum Gasteiger partial charge on any atom is -0.321 e. The third kappa shape index (κ3) is 2.11. The number of aromatic nitrogens is 2. The van der Waals surface area contributed by atoms with E-state index in [9.17, 15) is 0 Å².